The second kappa shape index (κ2) is 6.22. The lowest BCUT2D eigenvalue weighted by Gasteiger charge is -1.99. The van der Waals surface area contributed by atoms with E-state index in [0.717, 1.165) is 25.2 Å². The molecule has 0 amide bonds. The zero-order chi connectivity index (χ0) is 9.36. The topological polar surface area (TPSA) is 24.9 Å². The SMILES string of the molecule is CC#CCNCCc1ccccn1. The number of aromatic nitrogens is 1. The molecule has 0 aromatic carbocycles. The van der Waals surface area contributed by atoms with E-state index in [0.29, 0.717) is 0 Å². The van der Waals surface area contributed by atoms with Crippen molar-refractivity contribution < 1.29 is 0 Å². The monoisotopic (exact) mass is 174 g/mol. The molecule has 0 radical (unpaired) electrons. The molecule has 0 atom stereocenters. The molecule has 2 heteroatoms. The Morgan fingerprint density at radius 3 is 3.08 bits per heavy atom. The van der Waals surface area contributed by atoms with Crippen molar-refractivity contribution >= 4 is 0 Å². The van der Waals surface area contributed by atoms with Gasteiger partial charge in [0.2, 0.25) is 0 Å². The first kappa shape index (κ1) is 9.76. The summed E-state index contributed by atoms with van der Waals surface area (Å²) in [6.07, 6.45) is 2.79. The second-order valence-electron chi connectivity index (χ2n) is 2.67. The maximum Gasteiger partial charge on any atom is 0.0576 e. The van der Waals surface area contributed by atoms with Gasteiger partial charge in [-0.1, -0.05) is 12.0 Å². The van der Waals surface area contributed by atoms with Gasteiger partial charge in [0, 0.05) is 24.9 Å². The molecule has 1 heterocycles. The molecule has 2 nitrogen and oxygen atoms in total. The first-order chi connectivity index (χ1) is 6.43. The van der Waals surface area contributed by atoms with Gasteiger partial charge in [-0.25, -0.2) is 0 Å². The van der Waals surface area contributed by atoms with Crippen LogP contribution in [0.3, 0.4) is 0 Å². The quantitative estimate of drug-likeness (QED) is 0.548. The summed E-state index contributed by atoms with van der Waals surface area (Å²) in [4.78, 5) is 4.22. The van der Waals surface area contributed by atoms with Gasteiger partial charge in [0.05, 0.1) is 6.54 Å². The average Bonchev–Trinajstić information content (AvgIpc) is 2.19. The van der Waals surface area contributed by atoms with Gasteiger partial charge < -0.3 is 5.32 Å². The van der Waals surface area contributed by atoms with Crippen molar-refractivity contribution in [1.29, 1.82) is 0 Å². The molecule has 1 N–H and O–H groups in total. The highest BCUT2D eigenvalue weighted by molar-refractivity contribution is 5.04. The first-order valence-electron chi connectivity index (χ1n) is 4.43. The lowest BCUT2D eigenvalue weighted by molar-refractivity contribution is 0.741. The van der Waals surface area contributed by atoms with Gasteiger partial charge in [-0.05, 0) is 19.1 Å². The van der Waals surface area contributed by atoms with Gasteiger partial charge in [-0.15, -0.1) is 5.92 Å². The summed E-state index contributed by atoms with van der Waals surface area (Å²) in [6, 6.07) is 5.97. The molecule has 0 saturated heterocycles. The summed E-state index contributed by atoms with van der Waals surface area (Å²) in [5, 5.41) is 3.22. The lowest BCUT2D eigenvalue weighted by Crippen LogP contribution is -2.17. The van der Waals surface area contributed by atoms with Crippen molar-refractivity contribution in [3.8, 4) is 11.8 Å². The Hall–Kier alpha value is -1.33. The van der Waals surface area contributed by atoms with Crippen LogP contribution in [0.4, 0.5) is 0 Å². The van der Waals surface area contributed by atoms with Crippen molar-refractivity contribution in [2.45, 2.75) is 13.3 Å². The predicted octanol–water partition coefficient (Wildman–Crippen LogP) is 1.24. The Morgan fingerprint density at radius 2 is 2.38 bits per heavy atom. The number of rotatable bonds is 4. The molecule has 0 unspecified atom stereocenters. The van der Waals surface area contributed by atoms with Crippen molar-refractivity contribution in [2.75, 3.05) is 13.1 Å². The fourth-order valence-corrected chi connectivity index (χ4v) is 1.00. The van der Waals surface area contributed by atoms with Gasteiger partial charge in [0.1, 0.15) is 0 Å². The number of nitrogens with one attached hydrogen (secondary N) is 1. The molecular formula is C11H14N2. The lowest BCUT2D eigenvalue weighted by atomic mass is 10.3. The van der Waals surface area contributed by atoms with E-state index >= 15 is 0 Å². The highest BCUT2D eigenvalue weighted by Crippen LogP contribution is 1.92. The second-order valence-corrected chi connectivity index (χ2v) is 2.67. The molecule has 1 rings (SSSR count). The molecule has 1 aromatic rings. The number of nitrogens with zero attached hydrogens (tertiary/aromatic N) is 1. The van der Waals surface area contributed by atoms with E-state index in [2.05, 4.69) is 22.1 Å². The van der Waals surface area contributed by atoms with Crippen molar-refractivity contribution in [2.24, 2.45) is 0 Å². The average molecular weight is 174 g/mol. The minimum absolute atomic E-state index is 0.767. The Morgan fingerprint density at radius 1 is 1.46 bits per heavy atom. The van der Waals surface area contributed by atoms with Crippen LogP contribution >= 0.6 is 0 Å². The number of hydrogen-bond acceptors (Lipinski definition) is 2. The number of pyridine rings is 1. The summed E-state index contributed by atoms with van der Waals surface area (Å²) in [5.41, 5.74) is 1.12. The third-order valence-electron chi connectivity index (χ3n) is 1.67. The predicted molar refractivity (Wildman–Crippen MR) is 54.3 cm³/mol. The van der Waals surface area contributed by atoms with Crippen LogP contribution in [0.5, 0.6) is 0 Å². The van der Waals surface area contributed by atoms with Crippen LogP contribution in [0.1, 0.15) is 12.6 Å². The van der Waals surface area contributed by atoms with E-state index < -0.39 is 0 Å². The zero-order valence-electron chi connectivity index (χ0n) is 7.88. The molecule has 68 valence electrons. The van der Waals surface area contributed by atoms with Crippen LogP contribution < -0.4 is 5.32 Å². The number of hydrogen-bond donors (Lipinski definition) is 1. The molecule has 0 aliphatic carbocycles. The van der Waals surface area contributed by atoms with Gasteiger partial charge in [0.15, 0.2) is 0 Å². The van der Waals surface area contributed by atoms with E-state index in [1.807, 2.05) is 31.3 Å². The normalized spacial score (nSPS) is 9.00. The van der Waals surface area contributed by atoms with Crippen LogP contribution in [0, 0.1) is 11.8 Å². The fourth-order valence-electron chi connectivity index (χ4n) is 1.00. The zero-order valence-corrected chi connectivity index (χ0v) is 7.88. The molecule has 0 saturated carbocycles. The summed E-state index contributed by atoms with van der Waals surface area (Å²) in [7, 11) is 0. The van der Waals surface area contributed by atoms with Crippen molar-refractivity contribution in [3.63, 3.8) is 0 Å². The minimum atomic E-state index is 0.767. The van der Waals surface area contributed by atoms with E-state index in [9.17, 15) is 0 Å². The van der Waals surface area contributed by atoms with E-state index in [-0.39, 0.29) is 0 Å². The molecule has 1 aromatic heterocycles. The molecule has 0 fully saturated rings. The molecule has 0 spiro atoms. The Kier molecular flexibility index (Phi) is 4.66. The van der Waals surface area contributed by atoms with Crippen LogP contribution in [0.2, 0.25) is 0 Å². The molecule has 0 aliphatic rings. The summed E-state index contributed by atoms with van der Waals surface area (Å²) < 4.78 is 0. The third-order valence-corrected chi connectivity index (χ3v) is 1.67. The summed E-state index contributed by atoms with van der Waals surface area (Å²) in [5.74, 6) is 5.79. The fraction of sp³-hybridized carbons (Fsp3) is 0.364. The third kappa shape index (κ3) is 4.29. The van der Waals surface area contributed by atoms with E-state index in [1.54, 1.807) is 0 Å². The Labute approximate surface area is 79.4 Å². The smallest absolute Gasteiger partial charge is 0.0576 e. The Balaban J connectivity index is 2.16. The van der Waals surface area contributed by atoms with Gasteiger partial charge >= 0.3 is 0 Å². The van der Waals surface area contributed by atoms with E-state index in [1.165, 1.54) is 0 Å². The van der Waals surface area contributed by atoms with Gasteiger partial charge in [0.25, 0.3) is 0 Å². The minimum Gasteiger partial charge on any atom is -0.306 e. The van der Waals surface area contributed by atoms with Crippen molar-refractivity contribution in [1.82, 2.24) is 10.3 Å². The molecule has 0 aliphatic heterocycles. The standard InChI is InChI=1S/C11H14N2/c1-2-3-8-12-10-7-11-6-4-5-9-13-11/h4-6,9,12H,7-8,10H2,1H3. The highest BCUT2D eigenvalue weighted by Gasteiger charge is 1.90. The van der Waals surface area contributed by atoms with Crippen LogP contribution in [0.25, 0.3) is 0 Å². The first-order valence-corrected chi connectivity index (χ1v) is 4.43. The van der Waals surface area contributed by atoms with Gasteiger partial charge in [-0.3, -0.25) is 4.98 Å². The van der Waals surface area contributed by atoms with Crippen LogP contribution in [0.15, 0.2) is 24.4 Å². The Bertz CT molecular complexity index is 282. The molecular weight excluding hydrogens is 160 g/mol. The highest BCUT2D eigenvalue weighted by atomic mass is 14.8. The maximum absolute atomic E-state index is 4.22. The van der Waals surface area contributed by atoms with E-state index in [4.69, 9.17) is 0 Å². The van der Waals surface area contributed by atoms with Gasteiger partial charge in [-0.2, -0.15) is 0 Å². The van der Waals surface area contributed by atoms with Crippen LogP contribution in [-0.4, -0.2) is 18.1 Å². The van der Waals surface area contributed by atoms with Crippen molar-refractivity contribution in [3.05, 3.63) is 30.1 Å². The molecule has 13 heavy (non-hydrogen) atoms. The summed E-state index contributed by atoms with van der Waals surface area (Å²) in [6.45, 7) is 3.55. The maximum atomic E-state index is 4.22. The largest absolute Gasteiger partial charge is 0.306 e. The molecule has 0 bridgehead atoms. The van der Waals surface area contributed by atoms with Crippen LogP contribution in [-0.2, 0) is 6.42 Å². The summed E-state index contributed by atoms with van der Waals surface area (Å²) >= 11 is 0.